The van der Waals surface area contributed by atoms with Gasteiger partial charge in [-0.2, -0.15) is 0 Å². The molecule has 3 unspecified atom stereocenters. The van der Waals surface area contributed by atoms with Crippen molar-refractivity contribution in [3.05, 3.63) is 0 Å². The minimum atomic E-state index is -0.479. The zero-order valence-corrected chi connectivity index (χ0v) is 10.9. The normalized spacial score (nSPS) is 27.9. The molecular formula is C11H20N2O5. The molecule has 0 aliphatic carbocycles. The van der Waals surface area contributed by atoms with Gasteiger partial charge in [0.2, 0.25) is 0 Å². The maximum atomic E-state index is 10.9. The monoisotopic (exact) mass is 260 g/mol. The lowest BCUT2D eigenvalue weighted by atomic mass is 10.3. The van der Waals surface area contributed by atoms with E-state index in [1.165, 1.54) is 4.90 Å². The number of β-amino-alcohol motifs (C(OH)–C–C–N with tert-alkyl or cyclic N) is 1. The first-order valence-electron chi connectivity index (χ1n) is 5.96. The number of nitrogens with one attached hydrogen (secondary N) is 1. The molecule has 7 nitrogen and oxygen atoms in total. The number of hydrogen-bond donors (Lipinski definition) is 2. The molecule has 2 aliphatic heterocycles. The molecule has 0 radical (unpaired) electrons. The van der Waals surface area contributed by atoms with Crippen molar-refractivity contribution in [2.75, 3.05) is 19.6 Å². The van der Waals surface area contributed by atoms with Crippen molar-refractivity contribution in [3.63, 3.8) is 0 Å². The lowest BCUT2D eigenvalue weighted by Gasteiger charge is -2.13. The van der Waals surface area contributed by atoms with Crippen molar-refractivity contribution >= 4 is 12.2 Å². The molecule has 2 heterocycles. The van der Waals surface area contributed by atoms with Crippen molar-refractivity contribution in [1.29, 1.82) is 0 Å². The van der Waals surface area contributed by atoms with Gasteiger partial charge in [0.05, 0.1) is 19.2 Å². The lowest BCUT2D eigenvalue weighted by molar-refractivity contribution is 0.121. The van der Waals surface area contributed by atoms with Crippen LogP contribution >= 0.6 is 0 Å². The summed E-state index contributed by atoms with van der Waals surface area (Å²) in [5.41, 5.74) is 0. The minimum absolute atomic E-state index is 0.0405. The highest BCUT2D eigenvalue weighted by molar-refractivity contribution is 5.69. The van der Waals surface area contributed by atoms with Gasteiger partial charge >= 0.3 is 12.2 Å². The van der Waals surface area contributed by atoms with Gasteiger partial charge in [0.1, 0.15) is 12.2 Å². The summed E-state index contributed by atoms with van der Waals surface area (Å²) in [4.78, 5) is 22.5. The molecule has 0 aromatic heterocycles. The Morgan fingerprint density at radius 1 is 1.39 bits per heavy atom. The quantitative estimate of drug-likeness (QED) is 0.746. The van der Waals surface area contributed by atoms with E-state index in [2.05, 4.69) is 10.1 Å². The van der Waals surface area contributed by atoms with Gasteiger partial charge < -0.3 is 24.8 Å². The Bertz CT molecular complexity index is 308. The molecule has 7 heteroatoms. The van der Waals surface area contributed by atoms with Gasteiger partial charge in [0, 0.05) is 6.54 Å². The SMILES string of the molecule is CC(O)CN1CC(C)OC1=O.CC1CNC(=O)O1. The van der Waals surface area contributed by atoms with Crippen molar-refractivity contribution < 1.29 is 24.2 Å². The van der Waals surface area contributed by atoms with Crippen molar-refractivity contribution in [3.8, 4) is 0 Å². The second kappa shape index (κ2) is 6.44. The van der Waals surface area contributed by atoms with Crippen LogP contribution < -0.4 is 5.32 Å². The highest BCUT2D eigenvalue weighted by Crippen LogP contribution is 2.10. The van der Waals surface area contributed by atoms with Crippen molar-refractivity contribution in [1.82, 2.24) is 10.2 Å². The van der Waals surface area contributed by atoms with E-state index < -0.39 is 6.10 Å². The van der Waals surface area contributed by atoms with Crippen LogP contribution in [0.25, 0.3) is 0 Å². The van der Waals surface area contributed by atoms with Crippen LogP contribution in [-0.4, -0.2) is 60.1 Å². The number of carbonyl (C=O) groups excluding carboxylic acids is 2. The number of aliphatic hydroxyl groups excluding tert-OH is 1. The smallest absolute Gasteiger partial charge is 0.410 e. The number of amides is 2. The molecule has 2 saturated heterocycles. The van der Waals surface area contributed by atoms with E-state index in [4.69, 9.17) is 9.84 Å². The number of alkyl carbamates (subject to hydrolysis) is 1. The third-order valence-electron chi connectivity index (χ3n) is 2.36. The molecule has 104 valence electrons. The molecular weight excluding hydrogens is 240 g/mol. The second-order valence-electron chi connectivity index (χ2n) is 4.55. The van der Waals surface area contributed by atoms with Crippen molar-refractivity contribution in [2.45, 2.75) is 39.1 Å². The van der Waals surface area contributed by atoms with E-state index >= 15 is 0 Å². The van der Waals surface area contributed by atoms with E-state index in [1.807, 2.05) is 13.8 Å². The van der Waals surface area contributed by atoms with Crippen LogP contribution in [0.1, 0.15) is 20.8 Å². The predicted octanol–water partition coefficient (Wildman–Crippen LogP) is 0.323. The molecule has 2 rings (SSSR count). The number of cyclic esters (lactones) is 2. The number of hydrogen-bond acceptors (Lipinski definition) is 5. The summed E-state index contributed by atoms with van der Waals surface area (Å²) in [6, 6.07) is 0. The van der Waals surface area contributed by atoms with Crippen LogP contribution in [0, 0.1) is 0 Å². The predicted molar refractivity (Wildman–Crippen MR) is 63.1 cm³/mol. The summed E-state index contributed by atoms with van der Waals surface area (Å²) in [5, 5.41) is 11.5. The zero-order chi connectivity index (χ0) is 13.7. The maximum absolute atomic E-state index is 10.9. The molecule has 18 heavy (non-hydrogen) atoms. The van der Waals surface area contributed by atoms with Crippen molar-refractivity contribution in [2.24, 2.45) is 0 Å². The van der Waals surface area contributed by atoms with E-state index in [9.17, 15) is 9.59 Å². The standard InChI is InChI=1S/C7H13NO3.C4H7NO2/c1-5(9)3-8-4-6(2)11-7(8)10;1-3-2-5-4(6)7-3/h5-6,9H,3-4H2,1-2H3;3H,2H2,1H3,(H,5,6). The molecule has 3 atom stereocenters. The summed E-state index contributed by atoms with van der Waals surface area (Å²) in [6.45, 7) is 6.93. The first-order chi connectivity index (χ1) is 8.38. The zero-order valence-electron chi connectivity index (χ0n) is 10.9. The topological polar surface area (TPSA) is 88.1 Å². The molecule has 2 amide bonds. The summed E-state index contributed by atoms with van der Waals surface area (Å²) in [5.74, 6) is 0. The lowest BCUT2D eigenvalue weighted by Crippen LogP contribution is -2.31. The van der Waals surface area contributed by atoms with Gasteiger partial charge in [-0.1, -0.05) is 0 Å². The Kier molecular flexibility index (Phi) is 5.21. The first kappa shape index (κ1) is 14.6. The van der Waals surface area contributed by atoms with Gasteiger partial charge in [-0.05, 0) is 20.8 Å². The van der Waals surface area contributed by atoms with Crippen LogP contribution in [0.4, 0.5) is 9.59 Å². The van der Waals surface area contributed by atoms with Crippen LogP contribution in [0.5, 0.6) is 0 Å². The maximum Gasteiger partial charge on any atom is 0.410 e. The summed E-state index contributed by atoms with van der Waals surface area (Å²) in [6.07, 6.45) is -1.08. The van der Waals surface area contributed by atoms with E-state index in [-0.39, 0.29) is 24.4 Å². The molecule has 2 fully saturated rings. The molecule has 0 aromatic carbocycles. The van der Waals surface area contributed by atoms with E-state index in [0.29, 0.717) is 19.6 Å². The van der Waals surface area contributed by atoms with Gasteiger partial charge in [-0.25, -0.2) is 9.59 Å². The molecule has 0 saturated carbocycles. The van der Waals surface area contributed by atoms with Crippen LogP contribution in [-0.2, 0) is 9.47 Å². The molecule has 2 N–H and O–H groups in total. The fourth-order valence-corrected chi connectivity index (χ4v) is 1.63. The third-order valence-corrected chi connectivity index (χ3v) is 2.36. The second-order valence-corrected chi connectivity index (χ2v) is 4.55. The Labute approximate surface area is 106 Å². The minimum Gasteiger partial charge on any atom is -0.445 e. The Hall–Kier alpha value is -1.50. The molecule has 2 aliphatic rings. The van der Waals surface area contributed by atoms with Crippen LogP contribution in [0.3, 0.4) is 0 Å². The molecule has 0 bridgehead atoms. The van der Waals surface area contributed by atoms with Crippen LogP contribution in [0.15, 0.2) is 0 Å². The average Bonchev–Trinajstić information content (AvgIpc) is 2.74. The number of carbonyl (C=O) groups is 2. The Balaban J connectivity index is 0.000000199. The van der Waals surface area contributed by atoms with E-state index in [1.54, 1.807) is 6.92 Å². The highest BCUT2D eigenvalue weighted by atomic mass is 16.6. The Morgan fingerprint density at radius 3 is 2.33 bits per heavy atom. The number of ether oxygens (including phenoxy) is 2. The number of aliphatic hydroxyl groups is 1. The van der Waals surface area contributed by atoms with E-state index in [0.717, 1.165) is 0 Å². The van der Waals surface area contributed by atoms with Gasteiger partial charge in [0.15, 0.2) is 0 Å². The number of rotatable bonds is 2. The molecule has 0 aromatic rings. The average molecular weight is 260 g/mol. The summed E-state index contributed by atoms with van der Waals surface area (Å²) in [7, 11) is 0. The van der Waals surface area contributed by atoms with Gasteiger partial charge in [0.25, 0.3) is 0 Å². The summed E-state index contributed by atoms with van der Waals surface area (Å²) < 4.78 is 9.46. The first-order valence-corrected chi connectivity index (χ1v) is 5.96. The van der Waals surface area contributed by atoms with Crippen LogP contribution in [0.2, 0.25) is 0 Å². The molecule has 0 spiro atoms. The third kappa shape index (κ3) is 4.79. The fourth-order valence-electron chi connectivity index (χ4n) is 1.63. The van der Waals surface area contributed by atoms with Gasteiger partial charge in [-0.3, -0.25) is 0 Å². The van der Waals surface area contributed by atoms with Gasteiger partial charge in [-0.15, -0.1) is 0 Å². The highest BCUT2D eigenvalue weighted by Gasteiger charge is 2.28. The summed E-state index contributed by atoms with van der Waals surface area (Å²) >= 11 is 0. The Morgan fingerprint density at radius 2 is 2.06 bits per heavy atom. The number of nitrogens with zero attached hydrogens (tertiary/aromatic N) is 1. The fraction of sp³-hybridized carbons (Fsp3) is 0.818. The largest absolute Gasteiger partial charge is 0.445 e.